The van der Waals surface area contributed by atoms with Crippen LogP contribution in [0.4, 0.5) is 0 Å². The maximum absolute atomic E-state index is 13.0. The molecular formula is C20H33NO5. The third-order valence-corrected chi connectivity index (χ3v) is 5.91. The summed E-state index contributed by atoms with van der Waals surface area (Å²) >= 11 is 0. The maximum Gasteiger partial charge on any atom is 0.288 e. The van der Waals surface area contributed by atoms with Crippen molar-refractivity contribution < 1.29 is 24.1 Å². The number of ether oxygens (including phenoxy) is 3. The molecule has 3 atom stereocenters. The minimum absolute atomic E-state index is 0.0402. The van der Waals surface area contributed by atoms with Gasteiger partial charge in [0.1, 0.15) is 0 Å². The van der Waals surface area contributed by atoms with Gasteiger partial charge in [0.25, 0.3) is 5.91 Å². The molecule has 0 radical (unpaired) electrons. The molecule has 0 spiro atoms. The van der Waals surface area contributed by atoms with Crippen LogP contribution < -0.4 is 0 Å². The summed E-state index contributed by atoms with van der Waals surface area (Å²) in [5, 5.41) is 9.31. The van der Waals surface area contributed by atoms with E-state index in [0.717, 1.165) is 12.8 Å². The molecule has 1 amide bonds. The smallest absolute Gasteiger partial charge is 0.288 e. The molecule has 3 aliphatic rings. The molecule has 6 heteroatoms. The molecule has 148 valence electrons. The molecule has 2 heterocycles. The van der Waals surface area contributed by atoms with Crippen LogP contribution in [-0.4, -0.2) is 61.7 Å². The molecule has 0 aromatic heterocycles. The summed E-state index contributed by atoms with van der Waals surface area (Å²) < 4.78 is 17.3. The van der Waals surface area contributed by atoms with Crippen LogP contribution in [0.25, 0.3) is 0 Å². The van der Waals surface area contributed by atoms with E-state index in [0.29, 0.717) is 44.6 Å². The van der Waals surface area contributed by atoms with Crippen molar-refractivity contribution in [3.05, 3.63) is 11.8 Å². The van der Waals surface area contributed by atoms with Crippen LogP contribution in [-0.2, 0) is 19.0 Å². The topological polar surface area (TPSA) is 68.2 Å². The molecule has 1 saturated carbocycles. The highest BCUT2D eigenvalue weighted by atomic mass is 16.7. The number of hydrogen-bond donors (Lipinski definition) is 1. The third-order valence-electron chi connectivity index (χ3n) is 5.91. The first-order valence-corrected chi connectivity index (χ1v) is 10.2. The number of carbonyl (C=O) groups is 1. The first-order chi connectivity index (χ1) is 12.7. The van der Waals surface area contributed by atoms with Crippen molar-refractivity contribution in [1.82, 2.24) is 4.90 Å². The van der Waals surface area contributed by atoms with Crippen molar-refractivity contribution in [2.75, 3.05) is 39.5 Å². The molecular weight excluding hydrogens is 334 g/mol. The number of aliphatic hydroxyl groups is 1. The number of allylic oxidation sites excluding steroid dienone is 1. The Morgan fingerprint density at radius 1 is 1.31 bits per heavy atom. The lowest BCUT2D eigenvalue weighted by Gasteiger charge is -2.40. The van der Waals surface area contributed by atoms with E-state index in [1.165, 1.54) is 25.7 Å². The van der Waals surface area contributed by atoms with Crippen molar-refractivity contribution in [2.24, 2.45) is 17.8 Å². The van der Waals surface area contributed by atoms with E-state index in [1.807, 2.05) is 11.8 Å². The van der Waals surface area contributed by atoms with Crippen LogP contribution in [0.15, 0.2) is 11.8 Å². The van der Waals surface area contributed by atoms with E-state index in [1.54, 1.807) is 0 Å². The molecule has 0 bridgehead atoms. The molecule has 1 aliphatic carbocycles. The third kappa shape index (κ3) is 4.59. The summed E-state index contributed by atoms with van der Waals surface area (Å²) in [6.07, 6.45) is 8.19. The van der Waals surface area contributed by atoms with E-state index in [2.05, 4.69) is 6.08 Å². The van der Waals surface area contributed by atoms with Crippen LogP contribution in [0.5, 0.6) is 0 Å². The van der Waals surface area contributed by atoms with Crippen LogP contribution in [0.3, 0.4) is 0 Å². The zero-order valence-electron chi connectivity index (χ0n) is 15.9. The minimum Gasteiger partial charge on any atom is -0.459 e. The fraction of sp³-hybridized carbons (Fsp3) is 0.850. The van der Waals surface area contributed by atoms with Gasteiger partial charge in [-0.2, -0.15) is 0 Å². The molecule has 3 rings (SSSR count). The second-order valence-electron chi connectivity index (χ2n) is 7.53. The van der Waals surface area contributed by atoms with E-state index < -0.39 is 6.29 Å². The van der Waals surface area contributed by atoms with Crippen LogP contribution in [0.1, 0.15) is 45.4 Å². The van der Waals surface area contributed by atoms with Gasteiger partial charge in [0, 0.05) is 32.2 Å². The molecule has 1 N–H and O–H groups in total. The number of amides is 1. The lowest BCUT2D eigenvalue weighted by atomic mass is 9.76. The van der Waals surface area contributed by atoms with Crippen molar-refractivity contribution in [3.63, 3.8) is 0 Å². The average molecular weight is 367 g/mol. The second-order valence-corrected chi connectivity index (χ2v) is 7.53. The molecule has 26 heavy (non-hydrogen) atoms. The van der Waals surface area contributed by atoms with E-state index in [-0.39, 0.29) is 24.3 Å². The lowest BCUT2D eigenvalue weighted by molar-refractivity contribution is -0.180. The first-order valence-electron chi connectivity index (χ1n) is 10.2. The molecule has 2 fully saturated rings. The van der Waals surface area contributed by atoms with Crippen LogP contribution in [0, 0.1) is 17.8 Å². The highest BCUT2D eigenvalue weighted by Gasteiger charge is 2.41. The van der Waals surface area contributed by atoms with Gasteiger partial charge in [0.2, 0.25) is 6.29 Å². The predicted molar refractivity (Wildman–Crippen MR) is 97.2 cm³/mol. The van der Waals surface area contributed by atoms with Crippen molar-refractivity contribution in [1.29, 1.82) is 0 Å². The van der Waals surface area contributed by atoms with Gasteiger partial charge >= 0.3 is 0 Å². The summed E-state index contributed by atoms with van der Waals surface area (Å²) in [5.74, 6) is 1.47. The highest BCUT2D eigenvalue weighted by Crippen LogP contribution is 2.43. The fourth-order valence-corrected chi connectivity index (χ4v) is 4.58. The Labute approximate surface area is 156 Å². The van der Waals surface area contributed by atoms with Gasteiger partial charge in [-0.15, -0.1) is 0 Å². The molecule has 1 saturated heterocycles. The summed E-state index contributed by atoms with van der Waals surface area (Å²) in [6, 6.07) is 0. The first kappa shape index (κ1) is 19.6. The summed E-state index contributed by atoms with van der Waals surface area (Å²) in [5.41, 5.74) is 0. The van der Waals surface area contributed by atoms with Gasteiger partial charge in [0.05, 0.1) is 13.2 Å². The Balaban J connectivity index is 1.81. The summed E-state index contributed by atoms with van der Waals surface area (Å²) in [7, 11) is 0. The Hall–Kier alpha value is -1.11. The number of nitrogens with zero attached hydrogens (tertiary/aromatic N) is 1. The average Bonchev–Trinajstić information content (AvgIpc) is 3.21. The quantitative estimate of drug-likeness (QED) is 0.748. The standard InChI is InChI=1S/C20H33NO5/c1-2-25-20-16(8-5-11-22)17(15-6-3-4-7-15)14-18(26-20)19(23)21-9-12-24-13-10-21/h14-17,20,22H,2-13H2,1H3/t16-,17+,20+/m1/s1. The second kappa shape index (κ2) is 9.72. The Morgan fingerprint density at radius 3 is 2.69 bits per heavy atom. The number of rotatable bonds is 7. The number of morpholine rings is 1. The molecule has 6 nitrogen and oxygen atoms in total. The van der Waals surface area contributed by atoms with E-state index in [4.69, 9.17) is 14.2 Å². The van der Waals surface area contributed by atoms with Crippen LogP contribution in [0.2, 0.25) is 0 Å². The Morgan fingerprint density at radius 2 is 2.04 bits per heavy atom. The van der Waals surface area contributed by atoms with Gasteiger partial charge in [-0.3, -0.25) is 4.79 Å². The van der Waals surface area contributed by atoms with Gasteiger partial charge in [-0.05, 0) is 50.5 Å². The predicted octanol–water partition coefficient (Wildman–Crippen LogP) is 2.32. The monoisotopic (exact) mass is 367 g/mol. The Bertz CT molecular complexity index is 483. The fourth-order valence-electron chi connectivity index (χ4n) is 4.58. The zero-order valence-corrected chi connectivity index (χ0v) is 15.9. The lowest BCUT2D eigenvalue weighted by Crippen LogP contribution is -2.45. The molecule has 0 unspecified atom stereocenters. The van der Waals surface area contributed by atoms with E-state index >= 15 is 0 Å². The van der Waals surface area contributed by atoms with Gasteiger partial charge in [0.15, 0.2) is 5.76 Å². The van der Waals surface area contributed by atoms with Crippen LogP contribution >= 0.6 is 0 Å². The maximum atomic E-state index is 13.0. The Kier molecular flexibility index (Phi) is 7.34. The zero-order chi connectivity index (χ0) is 18.4. The summed E-state index contributed by atoms with van der Waals surface area (Å²) in [6.45, 7) is 5.07. The molecule has 0 aromatic carbocycles. The van der Waals surface area contributed by atoms with Gasteiger partial charge in [-0.1, -0.05) is 12.8 Å². The summed E-state index contributed by atoms with van der Waals surface area (Å²) in [4.78, 5) is 14.8. The normalized spacial score (nSPS) is 30.2. The van der Waals surface area contributed by atoms with Gasteiger partial charge in [-0.25, -0.2) is 0 Å². The SMILES string of the molecule is CCO[C@H]1OC(C(=O)N2CCOCC2)=C[C@@H](C2CCCC2)[C@H]1CCCO. The minimum atomic E-state index is -0.401. The number of aliphatic hydroxyl groups excluding tert-OH is 1. The molecule has 0 aromatic rings. The van der Waals surface area contributed by atoms with E-state index in [9.17, 15) is 9.90 Å². The number of carbonyl (C=O) groups excluding carboxylic acids is 1. The van der Waals surface area contributed by atoms with Crippen molar-refractivity contribution >= 4 is 5.91 Å². The number of hydrogen-bond acceptors (Lipinski definition) is 5. The highest BCUT2D eigenvalue weighted by molar-refractivity contribution is 5.91. The van der Waals surface area contributed by atoms with Gasteiger partial charge < -0.3 is 24.2 Å². The molecule has 2 aliphatic heterocycles. The van der Waals surface area contributed by atoms with Crippen molar-refractivity contribution in [3.8, 4) is 0 Å². The van der Waals surface area contributed by atoms with Crippen molar-refractivity contribution in [2.45, 2.75) is 51.7 Å². The largest absolute Gasteiger partial charge is 0.459 e.